The fraction of sp³-hybridized carbons (Fsp3) is 0.896. The average molecular weight is 810 g/mol. The zero-order chi connectivity index (χ0) is 41.6. The Hall–Kier alpha value is -1.33. The normalized spacial score (nSPS) is 21.1. The van der Waals surface area contributed by atoms with Crippen LogP contribution in [0.4, 0.5) is 0 Å². The van der Waals surface area contributed by atoms with Gasteiger partial charge in [-0.25, -0.2) is 0 Å². The number of unbranched alkanes of at least 4 members (excludes halogenated alkanes) is 28. The molecule has 1 amide bonds. The van der Waals surface area contributed by atoms with Gasteiger partial charge in [0.05, 0.1) is 25.4 Å². The molecule has 1 aliphatic rings. The van der Waals surface area contributed by atoms with E-state index in [9.17, 15) is 30.3 Å². The first-order valence-electron chi connectivity index (χ1n) is 24.1. The number of nitrogens with one attached hydrogen (secondary N) is 1. The Morgan fingerprint density at radius 1 is 0.579 bits per heavy atom. The number of aliphatic hydroxyl groups is 5. The van der Waals surface area contributed by atoms with Crippen molar-refractivity contribution in [2.75, 3.05) is 13.2 Å². The first kappa shape index (κ1) is 53.7. The van der Waals surface area contributed by atoms with Gasteiger partial charge >= 0.3 is 0 Å². The number of ether oxygens (including phenoxy) is 2. The van der Waals surface area contributed by atoms with E-state index in [-0.39, 0.29) is 12.5 Å². The molecule has 0 aromatic carbocycles. The minimum Gasteiger partial charge on any atom is -0.394 e. The van der Waals surface area contributed by atoms with Crippen LogP contribution in [-0.4, -0.2) is 87.5 Å². The Kier molecular flexibility index (Phi) is 36.6. The van der Waals surface area contributed by atoms with Gasteiger partial charge in [0.25, 0.3) is 0 Å². The number of aliphatic hydroxyl groups excluding tert-OH is 5. The molecule has 0 aromatic rings. The molecular formula is C48H91NO8. The summed E-state index contributed by atoms with van der Waals surface area (Å²) in [6.07, 6.45) is 39.5. The van der Waals surface area contributed by atoms with Crippen molar-refractivity contribution in [3.63, 3.8) is 0 Å². The molecule has 0 bridgehead atoms. The third-order valence-electron chi connectivity index (χ3n) is 11.5. The molecule has 1 fully saturated rings. The van der Waals surface area contributed by atoms with E-state index >= 15 is 0 Å². The summed E-state index contributed by atoms with van der Waals surface area (Å²) in [6.45, 7) is 3.75. The van der Waals surface area contributed by atoms with Crippen molar-refractivity contribution in [1.29, 1.82) is 0 Å². The van der Waals surface area contributed by atoms with Crippen LogP contribution in [0.1, 0.15) is 219 Å². The standard InChI is InChI=1S/C48H91NO8/c1-3-5-7-9-11-13-15-17-18-19-20-21-22-23-24-25-26-28-30-32-34-36-38-44(52)49-41(40-56-48-47(55)46(54)45(53)43(39-50)57-48)42(51)37-35-33-31-29-27-16-14-12-10-8-6-4-2/h27,29,35,37,41-43,45-48,50-51,53-55H,3-26,28,30-34,36,38-40H2,1-2H3,(H,49,52)/b29-27+,37-35+/t41-,42+,43-,45-,46?,47?,48-/m0/s1. The SMILES string of the molecule is CCCCCCCC/C=C/CC/C=C/[C@@H](O)[C@H](CO[C@H]1O[C@@H](CO)[C@H](O)C(O)C1O)NC(=O)CCCCCCCCCCCCCCCCCCCCCCCC. The molecule has 0 saturated carbocycles. The predicted octanol–water partition coefficient (Wildman–Crippen LogP) is 10.3. The highest BCUT2D eigenvalue weighted by atomic mass is 16.7. The topological polar surface area (TPSA) is 149 Å². The molecule has 0 aromatic heterocycles. The van der Waals surface area contributed by atoms with Gasteiger partial charge in [-0.05, 0) is 32.1 Å². The minimum atomic E-state index is -1.57. The van der Waals surface area contributed by atoms with Crippen LogP contribution >= 0.6 is 0 Å². The van der Waals surface area contributed by atoms with Gasteiger partial charge in [0.2, 0.25) is 5.91 Å². The number of carbonyl (C=O) groups excluding carboxylic acids is 1. The fourth-order valence-electron chi connectivity index (χ4n) is 7.64. The summed E-state index contributed by atoms with van der Waals surface area (Å²) in [5, 5.41) is 54.1. The Bertz CT molecular complexity index is 945. The van der Waals surface area contributed by atoms with Crippen LogP contribution in [0.2, 0.25) is 0 Å². The van der Waals surface area contributed by atoms with Gasteiger partial charge in [-0.2, -0.15) is 0 Å². The second-order valence-electron chi connectivity index (χ2n) is 16.9. The van der Waals surface area contributed by atoms with Crippen LogP contribution < -0.4 is 5.32 Å². The average Bonchev–Trinajstić information content (AvgIpc) is 3.21. The van der Waals surface area contributed by atoms with Crippen molar-refractivity contribution in [3.8, 4) is 0 Å². The van der Waals surface area contributed by atoms with E-state index in [2.05, 4.69) is 31.3 Å². The van der Waals surface area contributed by atoms with Crippen molar-refractivity contribution < 1.29 is 39.8 Å². The Morgan fingerprint density at radius 3 is 1.47 bits per heavy atom. The van der Waals surface area contributed by atoms with Crippen molar-refractivity contribution in [2.24, 2.45) is 0 Å². The van der Waals surface area contributed by atoms with E-state index < -0.39 is 49.5 Å². The van der Waals surface area contributed by atoms with Crippen LogP contribution in [0.3, 0.4) is 0 Å². The molecule has 1 heterocycles. The molecule has 9 nitrogen and oxygen atoms in total. The van der Waals surface area contributed by atoms with Crippen LogP contribution in [0.15, 0.2) is 24.3 Å². The zero-order valence-electron chi connectivity index (χ0n) is 36.9. The third kappa shape index (κ3) is 29.5. The number of amides is 1. The highest BCUT2D eigenvalue weighted by Gasteiger charge is 2.44. The molecule has 0 spiro atoms. The maximum Gasteiger partial charge on any atom is 0.220 e. The van der Waals surface area contributed by atoms with Crippen molar-refractivity contribution in [3.05, 3.63) is 24.3 Å². The van der Waals surface area contributed by atoms with Gasteiger partial charge in [0.1, 0.15) is 24.4 Å². The lowest BCUT2D eigenvalue weighted by Gasteiger charge is -2.40. The maximum atomic E-state index is 13.0. The number of carbonyl (C=O) groups is 1. The minimum absolute atomic E-state index is 0.185. The van der Waals surface area contributed by atoms with Gasteiger partial charge in [-0.15, -0.1) is 0 Å². The lowest BCUT2D eigenvalue weighted by Crippen LogP contribution is -2.60. The number of hydrogen-bond donors (Lipinski definition) is 6. The summed E-state index contributed by atoms with van der Waals surface area (Å²) in [5.41, 5.74) is 0. The first-order valence-corrected chi connectivity index (χ1v) is 24.1. The van der Waals surface area contributed by atoms with Crippen molar-refractivity contribution >= 4 is 5.91 Å². The van der Waals surface area contributed by atoms with Gasteiger partial charge < -0.3 is 40.3 Å². The molecule has 336 valence electrons. The summed E-state index contributed by atoms with van der Waals surface area (Å²) in [6, 6.07) is -0.816. The highest BCUT2D eigenvalue weighted by molar-refractivity contribution is 5.76. The second-order valence-corrected chi connectivity index (χ2v) is 16.9. The van der Waals surface area contributed by atoms with Crippen LogP contribution in [0.5, 0.6) is 0 Å². The fourth-order valence-corrected chi connectivity index (χ4v) is 7.64. The van der Waals surface area contributed by atoms with Crippen molar-refractivity contribution in [1.82, 2.24) is 5.32 Å². The third-order valence-corrected chi connectivity index (χ3v) is 11.5. The highest BCUT2D eigenvalue weighted by Crippen LogP contribution is 2.23. The van der Waals surface area contributed by atoms with Crippen LogP contribution in [-0.2, 0) is 14.3 Å². The summed E-state index contributed by atoms with van der Waals surface area (Å²) >= 11 is 0. The summed E-state index contributed by atoms with van der Waals surface area (Å²) in [7, 11) is 0. The van der Waals surface area contributed by atoms with E-state index in [1.54, 1.807) is 6.08 Å². The lowest BCUT2D eigenvalue weighted by molar-refractivity contribution is -0.302. The van der Waals surface area contributed by atoms with Crippen molar-refractivity contribution in [2.45, 2.75) is 262 Å². The largest absolute Gasteiger partial charge is 0.394 e. The van der Waals surface area contributed by atoms with Gasteiger partial charge in [0, 0.05) is 6.42 Å². The molecular weight excluding hydrogens is 719 g/mol. The van der Waals surface area contributed by atoms with E-state index in [0.717, 1.165) is 38.5 Å². The molecule has 7 atom stereocenters. The summed E-state index contributed by atoms with van der Waals surface area (Å²) < 4.78 is 11.2. The van der Waals surface area contributed by atoms with E-state index in [1.807, 2.05) is 6.08 Å². The Balaban J connectivity index is 2.27. The second kappa shape index (κ2) is 38.8. The molecule has 0 aliphatic carbocycles. The molecule has 1 saturated heterocycles. The first-order chi connectivity index (χ1) is 27.8. The maximum absolute atomic E-state index is 13.0. The lowest BCUT2D eigenvalue weighted by atomic mass is 9.99. The van der Waals surface area contributed by atoms with Gasteiger partial charge in [-0.3, -0.25) is 4.79 Å². The van der Waals surface area contributed by atoms with Crippen LogP contribution in [0, 0.1) is 0 Å². The Labute approximate surface area is 349 Å². The molecule has 1 aliphatic heterocycles. The molecule has 6 N–H and O–H groups in total. The number of hydrogen-bond acceptors (Lipinski definition) is 8. The molecule has 57 heavy (non-hydrogen) atoms. The quantitative estimate of drug-likeness (QED) is 0.0265. The molecule has 0 radical (unpaired) electrons. The monoisotopic (exact) mass is 810 g/mol. The predicted molar refractivity (Wildman–Crippen MR) is 235 cm³/mol. The zero-order valence-corrected chi connectivity index (χ0v) is 36.9. The smallest absolute Gasteiger partial charge is 0.220 e. The number of allylic oxidation sites excluding steroid dienone is 3. The Morgan fingerprint density at radius 2 is 1.00 bits per heavy atom. The van der Waals surface area contributed by atoms with E-state index in [0.29, 0.717) is 6.42 Å². The molecule has 1 rings (SSSR count). The molecule has 2 unspecified atom stereocenters. The van der Waals surface area contributed by atoms with E-state index in [1.165, 1.54) is 161 Å². The van der Waals surface area contributed by atoms with E-state index in [4.69, 9.17) is 9.47 Å². The van der Waals surface area contributed by atoms with Crippen LogP contribution in [0.25, 0.3) is 0 Å². The summed E-state index contributed by atoms with van der Waals surface area (Å²) in [5.74, 6) is -0.185. The van der Waals surface area contributed by atoms with Gasteiger partial charge in [0.15, 0.2) is 6.29 Å². The summed E-state index contributed by atoms with van der Waals surface area (Å²) in [4.78, 5) is 13.0. The number of rotatable bonds is 40. The van der Waals surface area contributed by atoms with Gasteiger partial charge in [-0.1, -0.05) is 205 Å². The molecule has 9 heteroatoms.